The minimum atomic E-state index is 0.181. The minimum absolute atomic E-state index is 0.181. The van der Waals surface area contributed by atoms with Crippen molar-refractivity contribution in [3.05, 3.63) is 12.2 Å². The molecular weight excluding hydrogens is 220 g/mol. The number of rotatable bonds is 5. The van der Waals surface area contributed by atoms with E-state index in [2.05, 4.69) is 51.5 Å². The van der Waals surface area contributed by atoms with Gasteiger partial charge in [0.25, 0.3) is 0 Å². The van der Waals surface area contributed by atoms with Gasteiger partial charge in [-0.3, -0.25) is 4.90 Å². The highest BCUT2D eigenvalue weighted by molar-refractivity contribution is 5.01. The van der Waals surface area contributed by atoms with Gasteiger partial charge in [-0.25, -0.2) is 0 Å². The first-order valence-corrected chi connectivity index (χ1v) is 7.40. The second kappa shape index (κ2) is 6.72. The van der Waals surface area contributed by atoms with Crippen LogP contribution in [0, 0.1) is 5.92 Å². The molecule has 2 unspecified atom stereocenters. The molecule has 0 aromatic heterocycles. The molecule has 0 aromatic carbocycles. The smallest absolute Gasteiger partial charge is 0.0202 e. The maximum absolute atomic E-state index is 4.21. The predicted octanol–water partition coefficient (Wildman–Crippen LogP) is 3.44. The standard InChI is InChI=1S/C16H32N2/c1-13-8-7-9-15(10-13)18(6)12-14(2)11-17-16(3,4)5/h13,15,17H,2,7-12H2,1,3-6H3. The van der Waals surface area contributed by atoms with Crippen molar-refractivity contribution in [1.82, 2.24) is 10.2 Å². The molecule has 0 aliphatic heterocycles. The molecular formula is C16H32N2. The van der Waals surface area contributed by atoms with E-state index in [0.717, 1.165) is 25.0 Å². The first-order valence-electron chi connectivity index (χ1n) is 7.40. The lowest BCUT2D eigenvalue weighted by atomic mass is 9.86. The van der Waals surface area contributed by atoms with Gasteiger partial charge >= 0.3 is 0 Å². The van der Waals surface area contributed by atoms with Gasteiger partial charge in [0.15, 0.2) is 0 Å². The van der Waals surface area contributed by atoms with Crippen molar-refractivity contribution in [1.29, 1.82) is 0 Å². The van der Waals surface area contributed by atoms with Crippen molar-refractivity contribution in [2.24, 2.45) is 5.92 Å². The van der Waals surface area contributed by atoms with Crippen molar-refractivity contribution in [2.75, 3.05) is 20.1 Å². The van der Waals surface area contributed by atoms with E-state index in [1.54, 1.807) is 0 Å². The fourth-order valence-electron chi connectivity index (χ4n) is 2.73. The summed E-state index contributed by atoms with van der Waals surface area (Å²) in [6, 6.07) is 0.764. The summed E-state index contributed by atoms with van der Waals surface area (Å²) in [4.78, 5) is 2.50. The molecule has 2 nitrogen and oxygen atoms in total. The van der Waals surface area contributed by atoms with Crippen LogP contribution in [0.3, 0.4) is 0 Å². The number of hydrogen-bond donors (Lipinski definition) is 1. The van der Waals surface area contributed by atoms with Crippen LogP contribution in [0.1, 0.15) is 53.4 Å². The van der Waals surface area contributed by atoms with E-state index in [4.69, 9.17) is 0 Å². The summed E-state index contributed by atoms with van der Waals surface area (Å²) in [6.07, 6.45) is 5.52. The van der Waals surface area contributed by atoms with Crippen LogP contribution < -0.4 is 5.32 Å². The van der Waals surface area contributed by atoms with Gasteiger partial charge in [-0.05, 0) is 52.2 Å². The van der Waals surface area contributed by atoms with E-state index < -0.39 is 0 Å². The molecule has 0 amide bonds. The summed E-state index contributed by atoms with van der Waals surface area (Å²) < 4.78 is 0. The Hall–Kier alpha value is -0.340. The lowest BCUT2D eigenvalue weighted by Gasteiger charge is -2.35. The lowest BCUT2D eigenvalue weighted by molar-refractivity contribution is 0.174. The van der Waals surface area contributed by atoms with Crippen molar-refractivity contribution in [2.45, 2.75) is 65.0 Å². The number of nitrogens with zero attached hydrogens (tertiary/aromatic N) is 1. The van der Waals surface area contributed by atoms with Crippen molar-refractivity contribution in [3.63, 3.8) is 0 Å². The molecule has 2 atom stereocenters. The third-order valence-electron chi connectivity index (χ3n) is 3.87. The third-order valence-corrected chi connectivity index (χ3v) is 3.87. The highest BCUT2D eigenvalue weighted by Crippen LogP contribution is 2.26. The van der Waals surface area contributed by atoms with Crippen LogP contribution in [0.5, 0.6) is 0 Å². The molecule has 0 bridgehead atoms. The molecule has 0 aromatic rings. The Morgan fingerprint density at radius 2 is 2.00 bits per heavy atom. The number of likely N-dealkylation sites (N-methyl/N-ethyl adjacent to an activating group) is 1. The zero-order valence-electron chi connectivity index (χ0n) is 13.1. The van der Waals surface area contributed by atoms with Crippen LogP contribution >= 0.6 is 0 Å². The summed E-state index contributed by atoms with van der Waals surface area (Å²) in [5, 5.41) is 3.51. The average molecular weight is 252 g/mol. The zero-order valence-corrected chi connectivity index (χ0v) is 13.1. The molecule has 2 heteroatoms. The normalized spacial score (nSPS) is 25.4. The van der Waals surface area contributed by atoms with Gasteiger partial charge in [0, 0.05) is 24.7 Å². The Labute approximate surface area is 114 Å². The summed E-state index contributed by atoms with van der Waals surface area (Å²) >= 11 is 0. The van der Waals surface area contributed by atoms with Gasteiger partial charge in [-0.1, -0.05) is 26.3 Å². The fraction of sp³-hybridized carbons (Fsp3) is 0.875. The van der Waals surface area contributed by atoms with Gasteiger partial charge in [0.2, 0.25) is 0 Å². The maximum Gasteiger partial charge on any atom is 0.0202 e. The van der Waals surface area contributed by atoms with Crippen molar-refractivity contribution in [3.8, 4) is 0 Å². The second-order valence-corrected chi connectivity index (χ2v) is 7.19. The largest absolute Gasteiger partial charge is 0.308 e. The monoisotopic (exact) mass is 252 g/mol. The lowest BCUT2D eigenvalue weighted by Crippen LogP contribution is -2.41. The first kappa shape index (κ1) is 15.7. The van der Waals surface area contributed by atoms with E-state index in [1.165, 1.54) is 31.3 Å². The SMILES string of the molecule is C=C(CNC(C)(C)C)CN(C)C1CCCC(C)C1. The van der Waals surface area contributed by atoms with Crippen LogP contribution in [-0.4, -0.2) is 36.6 Å². The maximum atomic E-state index is 4.21. The summed E-state index contributed by atoms with van der Waals surface area (Å²) in [6.45, 7) is 15.2. The van der Waals surface area contributed by atoms with E-state index >= 15 is 0 Å². The minimum Gasteiger partial charge on any atom is -0.308 e. The molecule has 1 N–H and O–H groups in total. The second-order valence-electron chi connectivity index (χ2n) is 7.19. The third kappa shape index (κ3) is 6.01. The van der Waals surface area contributed by atoms with Crippen LogP contribution in [-0.2, 0) is 0 Å². The first-order chi connectivity index (χ1) is 8.28. The zero-order chi connectivity index (χ0) is 13.8. The van der Waals surface area contributed by atoms with E-state index in [9.17, 15) is 0 Å². The Bertz CT molecular complexity index is 265. The molecule has 106 valence electrons. The van der Waals surface area contributed by atoms with E-state index in [0.29, 0.717) is 0 Å². The summed E-state index contributed by atoms with van der Waals surface area (Å²) in [5.41, 5.74) is 1.48. The van der Waals surface area contributed by atoms with Crippen molar-refractivity contribution >= 4 is 0 Å². The Morgan fingerprint density at radius 1 is 1.33 bits per heavy atom. The van der Waals surface area contributed by atoms with Crippen molar-refractivity contribution < 1.29 is 0 Å². The number of hydrogen-bond acceptors (Lipinski definition) is 2. The molecule has 0 saturated heterocycles. The van der Waals surface area contributed by atoms with Crippen LogP contribution in [0.15, 0.2) is 12.2 Å². The van der Waals surface area contributed by atoms with E-state index in [1.807, 2.05) is 0 Å². The van der Waals surface area contributed by atoms with Gasteiger partial charge in [0.05, 0.1) is 0 Å². The fourth-order valence-corrected chi connectivity index (χ4v) is 2.73. The van der Waals surface area contributed by atoms with Gasteiger partial charge < -0.3 is 5.32 Å². The Kier molecular flexibility index (Phi) is 5.87. The summed E-state index contributed by atoms with van der Waals surface area (Å²) in [7, 11) is 2.25. The molecule has 18 heavy (non-hydrogen) atoms. The van der Waals surface area contributed by atoms with Gasteiger partial charge in [-0.2, -0.15) is 0 Å². The Morgan fingerprint density at radius 3 is 2.56 bits per heavy atom. The number of nitrogens with one attached hydrogen (secondary N) is 1. The predicted molar refractivity (Wildman–Crippen MR) is 80.9 cm³/mol. The molecule has 0 spiro atoms. The van der Waals surface area contributed by atoms with Crippen LogP contribution in [0.4, 0.5) is 0 Å². The Balaban J connectivity index is 2.30. The topological polar surface area (TPSA) is 15.3 Å². The molecule has 1 rings (SSSR count). The van der Waals surface area contributed by atoms with Gasteiger partial charge in [0.1, 0.15) is 0 Å². The average Bonchev–Trinajstić information content (AvgIpc) is 2.25. The quantitative estimate of drug-likeness (QED) is 0.754. The van der Waals surface area contributed by atoms with Gasteiger partial charge in [-0.15, -0.1) is 0 Å². The molecule has 1 aliphatic rings. The molecule has 1 fully saturated rings. The molecule has 1 saturated carbocycles. The molecule has 1 aliphatic carbocycles. The van der Waals surface area contributed by atoms with E-state index in [-0.39, 0.29) is 5.54 Å². The van der Waals surface area contributed by atoms with Crippen LogP contribution in [0.2, 0.25) is 0 Å². The summed E-state index contributed by atoms with van der Waals surface area (Å²) in [5.74, 6) is 0.896. The highest BCUT2D eigenvalue weighted by atomic mass is 15.1. The molecule has 0 heterocycles. The highest BCUT2D eigenvalue weighted by Gasteiger charge is 2.22. The van der Waals surface area contributed by atoms with Crippen LogP contribution in [0.25, 0.3) is 0 Å². The molecule has 0 radical (unpaired) electrons.